The maximum absolute atomic E-state index is 9.25. The van der Waals surface area contributed by atoms with E-state index in [1.807, 2.05) is 0 Å². The summed E-state index contributed by atoms with van der Waals surface area (Å²) in [5, 5.41) is 15.2. The Labute approximate surface area is 119 Å². The minimum Gasteiger partial charge on any atom is -0.478 e. The molecule has 0 fully saturated rings. The summed E-state index contributed by atoms with van der Waals surface area (Å²) < 4.78 is 0. The van der Waals surface area contributed by atoms with Crippen molar-refractivity contribution in [2.75, 3.05) is 0 Å². The summed E-state index contributed by atoms with van der Waals surface area (Å²) in [6.07, 6.45) is 20.7. The molecule has 108 valence electrons. The normalized spacial score (nSPS) is 12.0. The van der Waals surface area contributed by atoms with Gasteiger partial charge in [-0.3, -0.25) is 0 Å². The van der Waals surface area contributed by atoms with Crippen molar-refractivity contribution in [1.29, 1.82) is 0 Å². The van der Waals surface area contributed by atoms with E-state index < -0.39 is 11.9 Å². The van der Waals surface area contributed by atoms with Crippen molar-refractivity contribution in [2.45, 2.75) is 12.8 Å². The summed E-state index contributed by atoms with van der Waals surface area (Å²) in [5.74, 6) is -1.96. The fourth-order valence-electron chi connectivity index (χ4n) is 0.786. The fraction of sp³-hybridized carbons (Fsp3) is 0.125. The number of hydrogen-bond donors (Lipinski definition) is 2. The Balaban J connectivity index is 0. The van der Waals surface area contributed by atoms with E-state index in [-0.39, 0.29) is 0 Å². The largest absolute Gasteiger partial charge is 0.478 e. The molecular weight excluding hydrogens is 256 g/mol. The Morgan fingerprint density at radius 2 is 0.950 bits per heavy atom. The molecule has 0 aromatic heterocycles. The molecule has 20 heavy (non-hydrogen) atoms. The first-order chi connectivity index (χ1) is 9.54. The molecular formula is C16H20O4. The average Bonchev–Trinajstić information content (AvgIpc) is 3.16. The molecule has 0 spiro atoms. The number of carbonyl (C=O) groups is 2. The maximum Gasteiger partial charge on any atom is 0.327 e. The predicted molar refractivity (Wildman–Crippen MR) is 81.5 cm³/mol. The Morgan fingerprint density at radius 1 is 0.750 bits per heavy atom. The topological polar surface area (TPSA) is 74.6 Å². The molecule has 2 aliphatic carbocycles. The third-order valence-corrected chi connectivity index (χ3v) is 1.66. The number of aliphatic carboxylic acids is 2. The van der Waals surface area contributed by atoms with Crippen LogP contribution in [0.1, 0.15) is 12.8 Å². The summed E-state index contributed by atoms with van der Waals surface area (Å²) in [7, 11) is 0. The third kappa shape index (κ3) is 24.6. The summed E-state index contributed by atoms with van der Waals surface area (Å²) in [6.45, 7) is 5.92. The maximum atomic E-state index is 9.25. The van der Waals surface area contributed by atoms with Crippen LogP contribution in [0.5, 0.6) is 0 Å². The van der Waals surface area contributed by atoms with E-state index in [9.17, 15) is 9.59 Å². The van der Waals surface area contributed by atoms with Crippen LogP contribution in [0.2, 0.25) is 0 Å². The van der Waals surface area contributed by atoms with Crippen molar-refractivity contribution in [3.05, 3.63) is 73.9 Å². The Hall–Kier alpha value is -2.62. The number of carboxylic acids is 2. The van der Waals surface area contributed by atoms with Gasteiger partial charge in [0.05, 0.1) is 0 Å². The van der Waals surface area contributed by atoms with E-state index in [2.05, 4.69) is 61.8 Å². The van der Waals surface area contributed by atoms with Crippen LogP contribution in [0.15, 0.2) is 73.9 Å². The molecule has 4 heteroatoms. The monoisotopic (exact) mass is 276 g/mol. The highest BCUT2D eigenvalue weighted by atomic mass is 16.4. The van der Waals surface area contributed by atoms with Gasteiger partial charge in [0.15, 0.2) is 0 Å². The molecule has 0 heterocycles. The highest BCUT2D eigenvalue weighted by molar-refractivity contribution is 5.79. The first-order valence-electron chi connectivity index (χ1n) is 5.88. The van der Waals surface area contributed by atoms with E-state index in [1.165, 1.54) is 0 Å². The van der Waals surface area contributed by atoms with Gasteiger partial charge in [-0.1, -0.05) is 61.8 Å². The van der Waals surface area contributed by atoms with Gasteiger partial charge in [0.25, 0.3) is 0 Å². The molecule has 0 saturated heterocycles. The zero-order valence-electron chi connectivity index (χ0n) is 11.3. The zero-order valence-corrected chi connectivity index (χ0v) is 11.3. The van der Waals surface area contributed by atoms with Crippen LogP contribution in [0, 0.1) is 0 Å². The van der Waals surface area contributed by atoms with E-state index >= 15 is 0 Å². The molecule has 0 unspecified atom stereocenters. The lowest BCUT2D eigenvalue weighted by atomic mass is 10.5. The molecule has 0 aliphatic heterocycles. The first kappa shape index (κ1) is 19.7. The Bertz CT molecular complexity index is 352. The van der Waals surface area contributed by atoms with Crippen LogP contribution in [0.3, 0.4) is 0 Å². The average molecular weight is 276 g/mol. The van der Waals surface area contributed by atoms with E-state index in [1.54, 1.807) is 0 Å². The van der Waals surface area contributed by atoms with Crippen molar-refractivity contribution < 1.29 is 19.8 Å². The van der Waals surface area contributed by atoms with Gasteiger partial charge in [-0.25, -0.2) is 9.59 Å². The van der Waals surface area contributed by atoms with Crippen LogP contribution in [0.25, 0.3) is 0 Å². The van der Waals surface area contributed by atoms with Crippen LogP contribution in [-0.4, -0.2) is 22.2 Å². The predicted octanol–water partition coefficient (Wildman–Crippen LogP) is 3.52. The van der Waals surface area contributed by atoms with Crippen molar-refractivity contribution in [2.24, 2.45) is 0 Å². The van der Waals surface area contributed by atoms with E-state index in [0.717, 1.165) is 25.0 Å². The van der Waals surface area contributed by atoms with Gasteiger partial charge in [-0.2, -0.15) is 0 Å². The molecule has 0 amide bonds. The number of allylic oxidation sites excluding steroid dienone is 8. The van der Waals surface area contributed by atoms with Crippen molar-refractivity contribution in [3.8, 4) is 0 Å². The minimum atomic E-state index is -0.981. The molecule has 0 radical (unpaired) electrons. The lowest BCUT2D eigenvalue weighted by Gasteiger charge is -1.64. The second-order valence-corrected chi connectivity index (χ2v) is 3.27. The van der Waals surface area contributed by atoms with Gasteiger partial charge in [-0.15, -0.1) is 0 Å². The van der Waals surface area contributed by atoms with Gasteiger partial charge in [0.2, 0.25) is 0 Å². The second-order valence-electron chi connectivity index (χ2n) is 3.27. The summed E-state index contributed by atoms with van der Waals surface area (Å²) >= 11 is 0. The van der Waals surface area contributed by atoms with Gasteiger partial charge in [-0.05, 0) is 12.8 Å². The highest BCUT2D eigenvalue weighted by Gasteiger charge is 1.74. The molecule has 2 aliphatic rings. The highest BCUT2D eigenvalue weighted by Crippen LogP contribution is 1.93. The van der Waals surface area contributed by atoms with Crippen LogP contribution in [-0.2, 0) is 9.59 Å². The van der Waals surface area contributed by atoms with Crippen LogP contribution >= 0.6 is 0 Å². The second kappa shape index (κ2) is 16.4. The molecule has 0 aromatic carbocycles. The summed E-state index contributed by atoms with van der Waals surface area (Å²) in [5.41, 5.74) is 0. The molecule has 0 atom stereocenters. The molecule has 0 bridgehead atoms. The lowest BCUT2D eigenvalue weighted by Crippen LogP contribution is -1.82. The number of rotatable bonds is 2. The minimum absolute atomic E-state index is 0.833. The molecule has 2 rings (SSSR count). The third-order valence-electron chi connectivity index (χ3n) is 1.66. The molecule has 2 N–H and O–H groups in total. The Morgan fingerprint density at radius 3 is 1.00 bits per heavy atom. The van der Waals surface area contributed by atoms with Crippen LogP contribution < -0.4 is 0 Å². The smallest absolute Gasteiger partial charge is 0.327 e. The van der Waals surface area contributed by atoms with Crippen molar-refractivity contribution in [1.82, 2.24) is 0 Å². The van der Waals surface area contributed by atoms with Gasteiger partial charge in [0.1, 0.15) is 0 Å². The molecule has 0 aromatic rings. The van der Waals surface area contributed by atoms with E-state index in [4.69, 9.17) is 10.2 Å². The summed E-state index contributed by atoms with van der Waals surface area (Å²) in [4.78, 5) is 18.5. The summed E-state index contributed by atoms with van der Waals surface area (Å²) in [6, 6.07) is 0. The van der Waals surface area contributed by atoms with Gasteiger partial charge >= 0.3 is 11.9 Å². The van der Waals surface area contributed by atoms with Crippen LogP contribution in [0.4, 0.5) is 0 Å². The number of carboxylic acid groups (broad SMARTS) is 2. The zero-order chi connectivity index (χ0) is 15.6. The number of hydrogen-bond acceptors (Lipinski definition) is 2. The standard InChI is InChI=1S/2C5H6.2C3H4O2/c2*1-2-4-5-3-1;2*1-2-3(4)5/h2*1-4H,5H2;2*2H,1H2,(H,4,5). The quantitative estimate of drug-likeness (QED) is 0.757. The lowest BCUT2D eigenvalue weighted by molar-refractivity contribution is -0.132. The first-order valence-corrected chi connectivity index (χ1v) is 5.88. The van der Waals surface area contributed by atoms with Gasteiger partial charge in [0, 0.05) is 12.2 Å². The van der Waals surface area contributed by atoms with E-state index in [0.29, 0.717) is 0 Å². The fourth-order valence-corrected chi connectivity index (χ4v) is 0.786. The molecule has 0 saturated carbocycles. The van der Waals surface area contributed by atoms with Crippen molar-refractivity contribution in [3.63, 3.8) is 0 Å². The van der Waals surface area contributed by atoms with Crippen molar-refractivity contribution >= 4 is 11.9 Å². The Kier molecular flexibility index (Phi) is 16.1. The SMILES string of the molecule is C1=CCC=C1.C1=CCC=C1.C=CC(=O)O.C=CC(=O)O. The van der Waals surface area contributed by atoms with Gasteiger partial charge < -0.3 is 10.2 Å². The molecule has 4 nitrogen and oxygen atoms in total.